The Balaban J connectivity index is 0.00000264. The molecular formula is C16H25ClN2O4. The van der Waals surface area contributed by atoms with Gasteiger partial charge in [0.25, 0.3) is 5.91 Å². The molecule has 3 N–H and O–H groups in total. The summed E-state index contributed by atoms with van der Waals surface area (Å²) < 4.78 is 15.9. The SMILES string of the molecule is COc1ccc(C(=O)NC2CCC(N)CC2)c(OC)c1OC.Cl. The second-order valence-corrected chi connectivity index (χ2v) is 5.47. The first kappa shape index (κ1) is 19.4. The van der Waals surface area contributed by atoms with E-state index in [9.17, 15) is 4.79 Å². The average molecular weight is 345 g/mol. The number of amides is 1. The van der Waals surface area contributed by atoms with Crippen molar-refractivity contribution in [3.05, 3.63) is 17.7 Å². The van der Waals surface area contributed by atoms with Crippen molar-refractivity contribution in [2.75, 3.05) is 21.3 Å². The molecule has 1 amide bonds. The number of hydrogen-bond donors (Lipinski definition) is 2. The number of methoxy groups -OCH3 is 3. The molecule has 1 saturated carbocycles. The van der Waals surface area contributed by atoms with Crippen LogP contribution in [0.2, 0.25) is 0 Å². The van der Waals surface area contributed by atoms with Crippen molar-refractivity contribution in [1.29, 1.82) is 0 Å². The zero-order valence-corrected chi connectivity index (χ0v) is 14.6. The standard InChI is InChI=1S/C16H24N2O4.ClH/c1-20-13-9-8-12(14(21-2)15(13)22-3)16(19)18-11-6-4-10(17)5-7-11;/h8-11H,4-7,17H2,1-3H3,(H,18,19);1H. The molecule has 1 aromatic carbocycles. The maximum absolute atomic E-state index is 12.5. The van der Waals surface area contributed by atoms with Crippen molar-refractivity contribution in [2.24, 2.45) is 5.73 Å². The van der Waals surface area contributed by atoms with Gasteiger partial charge >= 0.3 is 0 Å². The number of rotatable bonds is 5. The van der Waals surface area contributed by atoms with Gasteiger partial charge in [-0.25, -0.2) is 0 Å². The van der Waals surface area contributed by atoms with Gasteiger partial charge in [-0.1, -0.05) is 0 Å². The van der Waals surface area contributed by atoms with E-state index in [0.29, 0.717) is 22.8 Å². The third-order valence-electron chi connectivity index (χ3n) is 4.06. The van der Waals surface area contributed by atoms with Gasteiger partial charge in [-0.05, 0) is 37.8 Å². The topological polar surface area (TPSA) is 82.8 Å². The zero-order chi connectivity index (χ0) is 16.1. The molecule has 0 heterocycles. The Morgan fingerprint density at radius 3 is 2.17 bits per heavy atom. The van der Waals surface area contributed by atoms with Crippen LogP contribution in [0, 0.1) is 0 Å². The zero-order valence-electron chi connectivity index (χ0n) is 13.8. The lowest BCUT2D eigenvalue weighted by molar-refractivity contribution is 0.0922. The summed E-state index contributed by atoms with van der Waals surface area (Å²) in [5.74, 6) is 1.16. The van der Waals surface area contributed by atoms with Crippen LogP contribution in [0.25, 0.3) is 0 Å². The summed E-state index contributed by atoms with van der Waals surface area (Å²) >= 11 is 0. The van der Waals surface area contributed by atoms with Gasteiger partial charge in [-0.3, -0.25) is 4.79 Å². The van der Waals surface area contributed by atoms with Crippen LogP contribution in [0.5, 0.6) is 17.2 Å². The normalized spacial score (nSPS) is 20.2. The van der Waals surface area contributed by atoms with Crippen LogP contribution >= 0.6 is 12.4 Å². The van der Waals surface area contributed by atoms with E-state index in [0.717, 1.165) is 25.7 Å². The van der Waals surface area contributed by atoms with E-state index in [4.69, 9.17) is 19.9 Å². The fourth-order valence-electron chi connectivity index (χ4n) is 2.81. The quantitative estimate of drug-likeness (QED) is 0.855. The minimum absolute atomic E-state index is 0. The molecule has 0 aromatic heterocycles. The number of nitrogens with one attached hydrogen (secondary N) is 1. The molecule has 0 atom stereocenters. The number of carbonyl (C=O) groups is 1. The maximum Gasteiger partial charge on any atom is 0.255 e. The fraction of sp³-hybridized carbons (Fsp3) is 0.562. The molecule has 0 spiro atoms. The second-order valence-electron chi connectivity index (χ2n) is 5.47. The number of carbonyl (C=O) groups excluding carboxylic acids is 1. The van der Waals surface area contributed by atoms with Gasteiger partial charge < -0.3 is 25.3 Å². The third kappa shape index (κ3) is 4.42. The van der Waals surface area contributed by atoms with E-state index in [2.05, 4.69) is 5.32 Å². The molecule has 1 aromatic rings. The first-order chi connectivity index (χ1) is 10.6. The van der Waals surface area contributed by atoms with E-state index in [1.807, 2.05) is 0 Å². The van der Waals surface area contributed by atoms with Gasteiger partial charge in [0.15, 0.2) is 11.5 Å². The maximum atomic E-state index is 12.5. The highest BCUT2D eigenvalue weighted by Crippen LogP contribution is 2.39. The van der Waals surface area contributed by atoms with E-state index >= 15 is 0 Å². The lowest BCUT2D eigenvalue weighted by Crippen LogP contribution is -2.40. The molecule has 0 saturated heterocycles. The van der Waals surface area contributed by atoms with Gasteiger partial charge in [0.2, 0.25) is 5.75 Å². The summed E-state index contributed by atoms with van der Waals surface area (Å²) in [6.07, 6.45) is 3.69. The van der Waals surface area contributed by atoms with Gasteiger partial charge in [-0.15, -0.1) is 12.4 Å². The van der Waals surface area contributed by atoms with Gasteiger partial charge in [-0.2, -0.15) is 0 Å². The highest BCUT2D eigenvalue weighted by Gasteiger charge is 2.24. The Morgan fingerprint density at radius 2 is 1.65 bits per heavy atom. The molecule has 0 bridgehead atoms. The van der Waals surface area contributed by atoms with Crippen LogP contribution in [0.4, 0.5) is 0 Å². The molecule has 1 aliphatic rings. The first-order valence-electron chi connectivity index (χ1n) is 7.46. The van der Waals surface area contributed by atoms with Crippen molar-refractivity contribution in [3.8, 4) is 17.2 Å². The predicted octanol–water partition coefficient (Wildman–Crippen LogP) is 2.13. The van der Waals surface area contributed by atoms with Crippen LogP contribution in [0.15, 0.2) is 12.1 Å². The lowest BCUT2D eigenvalue weighted by atomic mass is 9.91. The minimum Gasteiger partial charge on any atom is -0.493 e. The highest BCUT2D eigenvalue weighted by atomic mass is 35.5. The fourth-order valence-corrected chi connectivity index (χ4v) is 2.81. The van der Waals surface area contributed by atoms with E-state index in [1.54, 1.807) is 19.2 Å². The predicted molar refractivity (Wildman–Crippen MR) is 91.0 cm³/mol. The second kappa shape index (κ2) is 8.84. The molecule has 0 radical (unpaired) electrons. The average Bonchev–Trinajstić information content (AvgIpc) is 2.55. The van der Waals surface area contributed by atoms with E-state index < -0.39 is 0 Å². The molecular weight excluding hydrogens is 320 g/mol. The Labute approximate surface area is 143 Å². The van der Waals surface area contributed by atoms with Crippen molar-refractivity contribution >= 4 is 18.3 Å². The number of nitrogens with two attached hydrogens (primary N) is 1. The van der Waals surface area contributed by atoms with Crippen LogP contribution in [-0.4, -0.2) is 39.3 Å². The first-order valence-corrected chi connectivity index (χ1v) is 7.46. The van der Waals surface area contributed by atoms with Crippen LogP contribution in [0.3, 0.4) is 0 Å². The summed E-state index contributed by atoms with van der Waals surface area (Å²) in [6, 6.07) is 3.80. The molecule has 130 valence electrons. The molecule has 2 rings (SSSR count). The Morgan fingerprint density at radius 1 is 1.04 bits per heavy atom. The Hall–Kier alpha value is -1.66. The summed E-state index contributed by atoms with van der Waals surface area (Å²) in [7, 11) is 4.57. The Bertz CT molecular complexity index is 531. The summed E-state index contributed by atoms with van der Waals surface area (Å²) in [4.78, 5) is 12.5. The lowest BCUT2D eigenvalue weighted by Gasteiger charge is -2.27. The molecule has 0 unspecified atom stereocenters. The molecule has 23 heavy (non-hydrogen) atoms. The number of ether oxygens (including phenoxy) is 3. The number of halogens is 1. The third-order valence-corrected chi connectivity index (χ3v) is 4.06. The number of benzene rings is 1. The molecule has 7 heteroatoms. The van der Waals surface area contributed by atoms with Gasteiger partial charge in [0, 0.05) is 12.1 Å². The van der Waals surface area contributed by atoms with Crippen LogP contribution in [-0.2, 0) is 0 Å². The molecule has 1 aliphatic carbocycles. The molecule has 6 nitrogen and oxygen atoms in total. The monoisotopic (exact) mass is 344 g/mol. The van der Waals surface area contributed by atoms with Crippen molar-refractivity contribution in [2.45, 2.75) is 37.8 Å². The van der Waals surface area contributed by atoms with Crippen molar-refractivity contribution in [3.63, 3.8) is 0 Å². The van der Waals surface area contributed by atoms with Gasteiger partial charge in [0.1, 0.15) is 0 Å². The molecule has 1 fully saturated rings. The van der Waals surface area contributed by atoms with Crippen molar-refractivity contribution < 1.29 is 19.0 Å². The minimum atomic E-state index is -0.168. The number of hydrogen-bond acceptors (Lipinski definition) is 5. The van der Waals surface area contributed by atoms with Crippen LogP contribution < -0.4 is 25.3 Å². The highest BCUT2D eigenvalue weighted by molar-refractivity contribution is 5.98. The summed E-state index contributed by atoms with van der Waals surface area (Å²) in [6.45, 7) is 0. The van der Waals surface area contributed by atoms with E-state index in [1.165, 1.54) is 14.2 Å². The Kier molecular flexibility index (Phi) is 7.45. The summed E-state index contributed by atoms with van der Waals surface area (Å²) in [5.41, 5.74) is 6.33. The van der Waals surface area contributed by atoms with E-state index in [-0.39, 0.29) is 30.4 Å². The largest absolute Gasteiger partial charge is 0.493 e. The summed E-state index contributed by atoms with van der Waals surface area (Å²) in [5, 5.41) is 3.05. The molecule has 0 aliphatic heterocycles. The van der Waals surface area contributed by atoms with Crippen molar-refractivity contribution in [1.82, 2.24) is 5.32 Å². The van der Waals surface area contributed by atoms with Gasteiger partial charge in [0.05, 0.1) is 26.9 Å². The van der Waals surface area contributed by atoms with Crippen LogP contribution in [0.1, 0.15) is 36.0 Å². The smallest absolute Gasteiger partial charge is 0.255 e.